The number of pyridine rings is 1. The van der Waals surface area contributed by atoms with Crippen LogP contribution in [0.5, 0.6) is 5.75 Å². The predicted octanol–water partition coefficient (Wildman–Crippen LogP) is 3.19. The Balaban J connectivity index is 1.55. The molecule has 0 aliphatic carbocycles. The number of ether oxygens (including phenoxy) is 1. The molecule has 3 heterocycles. The smallest absolute Gasteiger partial charge is 0.323 e. The number of benzene rings is 1. The molecule has 1 fully saturated rings. The maximum atomic E-state index is 12.5. The van der Waals surface area contributed by atoms with Crippen LogP contribution in [0, 0.1) is 0 Å². The van der Waals surface area contributed by atoms with E-state index in [2.05, 4.69) is 32.8 Å². The fourth-order valence-corrected chi connectivity index (χ4v) is 3.71. The molecule has 8 heteroatoms. The van der Waals surface area contributed by atoms with Crippen LogP contribution in [0.1, 0.15) is 24.6 Å². The zero-order valence-electron chi connectivity index (χ0n) is 16.1. The molecule has 1 aliphatic rings. The van der Waals surface area contributed by atoms with Gasteiger partial charge >= 0.3 is 6.03 Å². The fraction of sp³-hybridized carbons (Fsp3) is 0.350. The summed E-state index contributed by atoms with van der Waals surface area (Å²) in [5.74, 6) is 1.88. The number of methoxy groups -OCH3 is 1. The lowest BCUT2D eigenvalue weighted by Crippen LogP contribution is -2.31. The van der Waals surface area contributed by atoms with E-state index in [-0.39, 0.29) is 6.03 Å². The van der Waals surface area contributed by atoms with Crippen molar-refractivity contribution in [2.45, 2.75) is 18.8 Å². The number of hydrogen-bond acceptors (Lipinski definition) is 5. The minimum Gasteiger partial charge on any atom is -0.495 e. The van der Waals surface area contributed by atoms with Gasteiger partial charge in [0.2, 0.25) is 0 Å². The van der Waals surface area contributed by atoms with Gasteiger partial charge in [-0.05, 0) is 50.7 Å². The van der Waals surface area contributed by atoms with Crippen LogP contribution in [0.15, 0.2) is 42.6 Å². The Morgan fingerprint density at radius 2 is 1.93 bits per heavy atom. The molecule has 3 aromatic rings. The van der Waals surface area contributed by atoms with Gasteiger partial charge in [-0.2, -0.15) is 0 Å². The molecule has 2 aromatic heterocycles. The molecule has 1 atom stereocenters. The van der Waals surface area contributed by atoms with E-state index in [0.717, 1.165) is 31.8 Å². The number of anilines is 2. The van der Waals surface area contributed by atoms with Crippen LogP contribution in [-0.4, -0.2) is 52.8 Å². The molecule has 8 nitrogen and oxygen atoms in total. The summed E-state index contributed by atoms with van der Waals surface area (Å²) in [6.07, 6.45) is 4.19. The van der Waals surface area contributed by atoms with E-state index in [0.29, 0.717) is 28.7 Å². The molecular formula is C20H24N6O2. The second-order valence-electron chi connectivity index (χ2n) is 7.05. The van der Waals surface area contributed by atoms with E-state index >= 15 is 0 Å². The Morgan fingerprint density at radius 1 is 1.14 bits per heavy atom. The van der Waals surface area contributed by atoms with Crippen LogP contribution in [0.3, 0.4) is 0 Å². The molecule has 1 unspecified atom stereocenters. The standard InChI is InChI=1S/C20H24N6O2/c1-25-11-5-7-14(13-25)18-23-24-19-16(9-6-12-26(18)19)22-20(27)21-15-8-3-4-10-17(15)28-2/h3-4,6,8-10,12,14H,5,7,11,13H2,1-2H3,(H2,21,22,27). The summed E-state index contributed by atoms with van der Waals surface area (Å²) in [5, 5.41) is 14.4. The number of likely N-dealkylation sites (tertiary alicyclic amines) is 1. The summed E-state index contributed by atoms with van der Waals surface area (Å²) in [6, 6.07) is 10.6. The molecule has 28 heavy (non-hydrogen) atoms. The Hall–Kier alpha value is -3.13. The largest absolute Gasteiger partial charge is 0.495 e. The first-order valence-electron chi connectivity index (χ1n) is 9.39. The molecule has 2 amide bonds. The minimum absolute atomic E-state index is 0.339. The van der Waals surface area contributed by atoms with Crippen LogP contribution in [0.2, 0.25) is 0 Å². The molecule has 0 bridgehead atoms. The Morgan fingerprint density at radius 3 is 2.75 bits per heavy atom. The predicted molar refractivity (Wildman–Crippen MR) is 108 cm³/mol. The zero-order chi connectivity index (χ0) is 19.5. The number of para-hydroxylation sites is 2. The normalized spacial score (nSPS) is 17.4. The van der Waals surface area contributed by atoms with Gasteiger partial charge in [0.15, 0.2) is 5.65 Å². The summed E-state index contributed by atoms with van der Waals surface area (Å²) in [6.45, 7) is 2.08. The van der Waals surface area contributed by atoms with Gasteiger partial charge in [-0.1, -0.05) is 12.1 Å². The summed E-state index contributed by atoms with van der Waals surface area (Å²) in [5.41, 5.74) is 1.85. The van der Waals surface area contributed by atoms with Crippen molar-refractivity contribution in [1.29, 1.82) is 0 Å². The van der Waals surface area contributed by atoms with Gasteiger partial charge in [0, 0.05) is 18.7 Å². The Kier molecular flexibility index (Phi) is 5.12. The first-order valence-corrected chi connectivity index (χ1v) is 9.39. The van der Waals surface area contributed by atoms with Crippen LogP contribution >= 0.6 is 0 Å². The molecule has 146 valence electrons. The van der Waals surface area contributed by atoms with Crippen molar-refractivity contribution in [3.8, 4) is 5.75 Å². The molecule has 4 rings (SSSR count). The number of likely N-dealkylation sites (N-methyl/N-ethyl adjacent to an activating group) is 1. The van der Waals surface area contributed by atoms with Crippen molar-refractivity contribution >= 4 is 23.1 Å². The lowest BCUT2D eigenvalue weighted by molar-refractivity contribution is 0.245. The van der Waals surface area contributed by atoms with E-state index in [1.54, 1.807) is 19.2 Å². The number of amides is 2. The number of nitrogens with zero attached hydrogens (tertiary/aromatic N) is 4. The van der Waals surface area contributed by atoms with Crippen LogP contribution in [-0.2, 0) is 0 Å². The first-order chi connectivity index (χ1) is 13.7. The number of carbonyl (C=O) groups excluding carboxylic acids is 1. The summed E-state index contributed by atoms with van der Waals surface area (Å²) in [4.78, 5) is 14.8. The zero-order valence-corrected chi connectivity index (χ0v) is 16.1. The SMILES string of the molecule is COc1ccccc1NC(=O)Nc1cccn2c(C3CCCN(C)C3)nnc12. The van der Waals surface area contributed by atoms with E-state index in [9.17, 15) is 4.79 Å². The molecule has 2 N–H and O–H groups in total. The first kappa shape index (κ1) is 18.2. The maximum absolute atomic E-state index is 12.5. The number of nitrogens with one attached hydrogen (secondary N) is 2. The number of urea groups is 1. The second-order valence-corrected chi connectivity index (χ2v) is 7.05. The highest BCUT2D eigenvalue weighted by atomic mass is 16.5. The number of fused-ring (bicyclic) bond motifs is 1. The van der Waals surface area contributed by atoms with E-state index in [1.165, 1.54) is 0 Å². The molecule has 0 radical (unpaired) electrons. The van der Waals surface area contributed by atoms with Gasteiger partial charge in [0.05, 0.1) is 18.5 Å². The highest BCUT2D eigenvalue weighted by molar-refractivity contribution is 6.02. The molecule has 1 aliphatic heterocycles. The third-order valence-electron chi connectivity index (χ3n) is 5.05. The van der Waals surface area contributed by atoms with E-state index in [4.69, 9.17) is 4.74 Å². The number of carbonyl (C=O) groups is 1. The van der Waals surface area contributed by atoms with Crippen molar-refractivity contribution in [2.75, 3.05) is 37.9 Å². The Bertz CT molecular complexity index is 986. The van der Waals surface area contributed by atoms with E-state index < -0.39 is 0 Å². The molecule has 0 saturated carbocycles. The van der Waals surface area contributed by atoms with Crippen molar-refractivity contribution in [3.05, 3.63) is 48.4 Å². The lowest BCUT2D eigenvalue weighted by atomic mass is 9.98. The van der Waals surface area contributed by atoms with Gasteiger partial charge in [-0.15, -0.1) is 10.2 Å². The average Bonchev–Trinajstić information content (AvgIpc) is 3.13. The molecule has 1 aromatic carbocycles. The summed E-state index contributed by atoms with van der Waals surface area (Å²) < 4.78 is 7.25. The molecule has 0 spiro atoms. The third kappa shape index (κ3) is 3.63. The minimum atomic E-state index is -0.362. The van der Waals surface area contributed by atoms with Crippen molar-refractivity contribution in [3.63, 3.8) is 0 Å². The number of hydrogen-bond donors (Lipinski definition) is 2. The van der Waals surface area contributed by atoms with Crippen LogP contribution in [0.4, 0.5) is 16.2 Å². The quantitative estimate of drug-likeness (QED) is 0.726. The summed E-state index contributed by atoms with van der Waals surface area (Å²) in [7, 11) is 3.70. The Labute approximate surface area is 163 Å². The topological polar surface area (TPSA) is 83.8 Å². The van der Waals surface area contributed by atoms with Gasteiger partial charge < -0.3 is 20.3 Å². The fourth-order valence-electron chi connectivity index (χ4n) is 3.71. The second kappa shape index (κ2) is 7.85. The van der Waals surface area contributed by atoms with Gasteiger partial charge in [0.25, 0.3) is 0 Å². The highest BCUT2D eigenvalue weighted by Crippen LogP contribution is 2.27. The monoisotopic (exact) mass is 380 g/mol. The van der Waals surface area contributed by atoms with Crippen molar-refractivity contribution in [1.82, 2.24) is 19.5 Å². The van der Waals surface area contributed by atoms with Gasteiger partial charge in [-0.25, -0.2) is 4.79 Å². The molecule has 1 saturated heterocycles. The average molecular weight is 380 g/mol. The lowest BCUT2D eigenvalue weighted by Gasteiger charge is -2.28. The third-order valence-corrected chi connectivity index (χ3v) is 5.05. The van der Waals surface area contributed by atoms with Crippen molar-refractivity contribution in [2.24, 2.45) is 0 Å². The van der Waals surface area contributed by atoms with Crippen molar-refractivity contribution < 1.29 is 9.53 Å². The van der Waals surface area contributed by atoms with Crippen LogP contribution < -0.4 is 15.4 Å². The molecular weight excluding hydrogens is 356 g/mol. The van der Waals surface area contributed by atoms with E-state index in [1.807, 2.05) is 34.9 Å². The van der Waals surface area contributed by atoms with Gasteiger partial charge in [0.1, 0.15) is 11.6 Å². The van der Waals surface area contributed by atoms with Crippen LogP contribution in [0.25, 0.3) is 5.65 Å². The van der Waals surface area contributed by atoms with Gasteiger partial charge in [-0.3, -0.25) is 4.40 Å². The number of rotatable bonds is 4. The maximum Gasteiger partial charge on any atom is 0.323 e. The highest BCUT2D eigenvalue weighted by Gasteiger charge is 2.24. The summed E-state index contributed by atoms with van der Waals surface area (Å²) >= 11 is 0. The number of piperidine rings is 1. The number of aromatic nitrogens is 3.